The van der Waals surface area contributed by atoms with Gasteiger partial charge in [0.1, 0.15) is 75.1 Å². The van der Waals surface area contributed by atoms with Crippen molar-refractivity contribution < 1.29 is 97.3 Å². The summed E-state index contributed by atoms with van der Waals surface area (Å²) in [6.45, 7) is 0. The fraction of sp³-hybridized carbons (Fsp3) is 0.0417. The summed E-state index contributed by atoms with van der Waals surface area (Å²) in [6.07, 6.45) is -7.22. The summed E-state index contributed by atoms with van der Waals surface area (Å²) in [6, 6.07) is 31.8. The van der Waals surface area contributed by atoms with E-state index < -0.39 is 144 Å². The Morgan fingerprint density at radius 1 is 0.338 bits per heavy atom. The number of halogens is 20. The van der Waals surface area contributed by atoms with Gasteiger partial charge in [0.05, 0.1) is 18.4 Å². The third-order valence-electron chi connectivity index (χ3n) is 11.0. The van der Waals surface area contributed by atoms with Crippen molar-refractivity contribution in [2.24, 2.45) is 0 Å². The molecule has 0 atom stereocenters. The lowest BCUT2D eigenvalue weighted by molar-refractivity contribution is 0.378. The molecule has 0 amide bonds. The Bertz CT molecular complexity index is 3030. The van der Waals surface area contributed by atoms with Gasteiger partial charge in [0, 0.05) is 11.0 Å². The van der Waals surface area contributed by atoms with Crippen molar-refractivity contribution in [3.63, 3.8) is 0 Å². The summed E-state index contributed by atoms with van der Waals surface area (Å²) in [4.78, 5) is 3.80. The van der Waals surface area contributed by atoms with Crippen LogP contribution < -0.4 is 31.3 Å². The number of rotatable bonds is 11. The van der Waals surface area contributed by atoms with E-state index in [0.29, 0.717) is 0 Å². The minimum Gasteiger partial charge on any atom is -0.497 e. The molecule has 7 aromatic carbocycles. The summed E-state index contributed by atoms with van der Waals surface area (Å²) < 4.78 is 307. The van der Waals surface area contributed by atoms with E-state index in [1.165, 1.54) is 23.1 Å². The molecule has 0 N–H and O–H groups in total. The molecule has 74 heavy (non-hydrogen) atoms. The van der Waals surface area contributed by atoms with E-state index in [1.807, 2.05) is 47.4 Å². The van der Waals surface area contributed by atoms with Crippen LogP contribution in [0.25, 0.3) is 0 Å². The molecule has 8 rings (SSSR count). The van der Waals surface area contributed by atoms with E-state index in [-0.39, 0.29) is 10.9 Å². The normalized spacial score (nSPS) is 11.6. The van der Waals surface area contributed by atoms with Crippen LogP contribution in [0.15, 0.2) is 114 Å². The maximum absolute atomic E-state index is 15.4. The van der Waals surface area contributed by atoms with E-state index in [0.717, 1.165) is 11.5 Å². The second-order valence-electron chi connectivity index (χ2n) is 14.9. The summed E-state index contributed by atoms with van der Waals surface area (Å²) in [7, 11) is 3.22. The van der Waals surface area contributed by atoms with Gasteiger partial charge in [-0.15, -0.1) is 21.9 Å². The van der Waals surface area contributed by atoms with Crippen LogP contribution in [0.5, 0.6) is 11.5 Å². The largest absolute Gasteiger partial charge is 0.497 e. The summed E-state index contributed by atoms with van der Waals surface area (Å²) in [5.41, 5.74) is -14.3. The minimum atomic E-state index is -7.22. The lowest BCUT2D eigenvalue weighted by Crippen LogP contribution is -2.81. The minimum absolute atomic E-state index is 0.178. The van der Waals surface area contributed by atoms with Crippen molar-refractivity contribution in [2.75, 3.05) is 14.2 Å². The molecule has 0 radical (unpaired) electrons. The van der Waals surface area contributed by atoms with Crippen LogP contribution in [-0.2, 0) is 10.9 Å². The van der Waals surface area contributed by atoms with Crippen LogP contribution in [0.1, 0.15) is 0 Å². The lowest BCUT2D eigenvalue weighted by atomic mass is 9.12. The molecule has 0 aliphatic carbocycles. The van der Waals surface area contributed by atoms with Gasteiger partial charge in [0.15, 0.2) is 79.6 Å². The number of thiophene rings is 1. The van der Waals surface area contributed by atoms with Crippen LogP contribution in [0, 0.1) is 116 Å². The molecule has 0 saturated heterocycles. The molecule has 0 bridgehead atoms. The molecule has 0 saturated carbocycles. The van der Waals surface area contributed by atoms with Gasteiger partial charge in [-0.2, -0.15) is 0 Å². The molecule has 386 valence electrons. The zero-order valence-electron chi connectivity index (χ0n) is 36.3. The third kappa shape index (κ3) is 9.28. The number of ether oxygens (including phenoxy) is 2. The van der Waals surface area contributed by atoms with E-state index in [9.17, 15) is 52.7 Å². The van der Waals surface area contributed by atoms with Crippen molar-refractivity contribution in [1.82, 2.24) is 0 Å². The van der Waals surface area contributed by atoms with Crippen molar-refractivity contribution in [1.29, 1.82) is 0 Å². The average Bonchev–Trinajstić information content (AvgIpc) is 3.86. The maximum Gasteiger partial charge on any atom is 0.221 e. The van der Waals surface area contributed by atoms with Crippen LogP contribution in [0.3, 0.4) is 0 Å². The first-order valence-electron chi connectivity index (χ1n) is 20.1. The molecule has 0 aliphatic rings. The Hall–Kier alpha value is -6.80. The molecule has 0 unspecified atom stereocenters. The van der Waals surface area contributed by atoms with Gasteiger partial charge in [-0.3, -0.25) is 0 Å². The first kappa shape index (κ1) is 55.0. The fourth-order valence-corrected chi connectivity index (χ4v) is 12.7. The molecule has 1 aromatic heterocycles. The molecule has 26 heteroatoms. The second-order valence-corrected chi connectivity index (χ2v) is 19.7. The van der Waals surface area contributed by atoms with E-state index in [2.05, 4.69) is 66.7 Å². The topological polar surface area (TPSA) is 18.5 Å². The van der Waals surface area contributed by atoms with Crippen molar-refractivity contribution in [3.8, 4) is 11.5 Å². The highest BCUT2D eigenvalue weighted by atomic mass is 32.2. The molecule has 0 spiro atoms. The number of hydrogen-bond acceptors (Lipinski definition) is 4. The Balaban J connectivity index is 0.000000237. The van der Waals surface area contributed by atoms with Crippen LogP contribution in [0.2, 0.25) is 0 Å². The second kappa shape index (κ2) is 21.6. The van der Waals surface area contributed by atoms with Gasteiger partial charge in [-0.1, -0.05) is 41.3 Å². The average molecular weight is 1120 g/mol. The monoisotopic (exact) mass is 1120 g/mol. The fourth-order valence-electron chi connectivity index (χ4n) is 7.74. The van der Waals surface area contributed by atoms with Gasteiger partial charge in [-0.25, -0.2) is 87.8 Å². The summed E-state index contributed by atoms with van der Waals surface area (Å²) >= 11 is 3.67. The van der Waals surface area contributed by atoms with Crippen molar-refractivity contribution in [3.05, 3.63) is 207 Å². The van der Waals surface area contributed by atoms with E-state index in [1.54, 1.807) is 14.2 Å². The van der Waals surface area contributed by atoms with Crippen molar-refractivity contribution >= 4 is 62.0 Å². The zero-order valence-corrected chi connectivity index (χ0v) is 38.8. The van der Waals surface area contributed by atoms with Gasteiger partial charge in [0.2, 0.25) is 4.21 Å². The van der Waals surface area contributed by atoms with Gasteiger partial charge in [0.25, 0.3) is 0 Å². The Kier molecular flexibility index (Phi) is 16.0. The molecule has 0 fully saturated rings. The Morgan fingerprint density at radius 2 is 0.608 bits per heavy atom. The number of hydrogen-bond donors (Lipinski definition) is 0. The molecule has 1 heterocycles. The van der Waals surface area contributed by atoms with Gasteiger partial charge < -0.3 is 9.47 Å². The highest BCUT2D eigenvalue weighted by Crippen LogP contribution is 2.41. The lowest BCUT2D eigenvalue weighted by Gasteiger charge is -2.44. The highest BCUT2D eigenvalue weighted by molar-refractivity contribution is 8.02. The molecule has 2 nitrogen and oxygen atoms in total. The summed E-state index contributed by atoms with van der Waals surface area (Å²) in [5.74, 6) is -69.7. The molecular weight excluding hydrogens is 1100 g/mol. The quantitative estimate of drug-likeness (QED) is 0.0423. The standard InChI is InChI=1S/C24BF20.C24H21O2S3/c26-5-1(6(27)14(35)21(42)13(5)34)25(2-7(28)15(36)22(43)16(37)8(2)29,3-9(30)17(38)23(44)18(39)10(3)31)4-11(32)19(40)24(45)20(41)12(4)33;1-25-18-8-12-21(13-9-18)29(22-14-10-19(26-2)11-15-22)24-17-16-23(28-24)27-20-6-4-3-5-7-20/h;3-17H,1-2H3/q-1;+1. The van der Waals surface area contributed by atoms with E-state index >= 15 is 35.1 Å². The SMILES string of the molecule is COc1ccc([S+](c2ccc(OC)cc2)c2ccc(Sc3ccccc3)s2)cc1.Fc1c(F)c(F)c([B-](c2c(F)c(F)c(F)c(F)c2F)(c2c(F)c(F)c(F)c(F)c2F)c2c(F)c(F)c(F)c(F)c2F)c(F)c1F. The highest BCUT2D eigenvalue weighted by Gasteiger charge is 2.52. The van der Waals surface area contributed by atoms with Crippen LogP contribution >= 0.6 is 23.1 Å². The van der Waals surface area contributed by atoms with Gasteiger partial charge >= 0.3 is 0 Å². The van der Waals surface area contributed by atoms with Crippen molar-refractivity contribution in [2.45, 2.75) is 23.1 Å². The predicted octanol–water partition coefficient (Wildman–Crippen LogP) is 12.9. The Morgan fingerprint density at radius 3 is 0.878 bits per heavy atom. The third-order valence-corrected chi connectivity index (χ3v) is 15.8. The van der Waals surface area contributed by atoms with E-state index in [4.69, 9.17) is 9.47 Å². The predicted molar refractivity (Wildman–Crippen MR) is 232 cm³/mol. The van der Waals surface area contributed by atoms with Crippen LogP contribution in [-0.4, -0.2) is 20.4 Å². The smallest absolute Gasteiger partial charge is 0.221 e. The maximum atomic E-state index is 15.4. The number of benzene rings is 7. The van der Waals surface area contributed by atoms with Gasteiger partial charge in [-0.05, 0) is 66.7 Å². The number of methoxy groups -OCH3 is 2. The first-order valence-corrected chi connectivity index (χ1v) is 22.9. The summed E-state index contributed by atoms with van der Waals surface area (Å²) in [5, 5.41) is 0. The molecule has 0 aliphatic heterocycles. The van der Waals surface area contributed by atoms with Crippen LogP contribution in [0.4, 0.5) is 87.8 Å². The first-order chi connectivity index (χ1) is 35.0. The molecular formula is C48H21BF20O2S3. The Labute approximate surface area is 414 Å². The zero-order chi connectivity index (χ0) is 54.4. The molecule has 8 aromatic rings.